The smallest absolute Gasteiger partial charge is 0.254 e. The number of rotatable bonds is 7. The van der Waals surface area contributed by atoms with Crippen molar-refractivity contribution in [2.45, 2.75) is 24.9 Å². The second-order valence-corrected chi connectivity index (χ2v) is 8.44. The van der Waals surface area contributed by atoms with Gasteiger partial charge < -0.3 is 9.32 Å². The predicted molar refractivity (Wildman–Crippen MR) is 106 cm³/mol. The lowest BCUT2D eigenvalue weighted by molar-refractivity contribution is 0.0784. The lowest BCUT2D eigenvalue weighted by atomic mass is 10.1. The van der Waals surface area contributed by atoms with E-state index >= 15 is 0 Å². The first-order valence-corrected chi connectivity index (χ1v) is 10.4. The number of amides is 1. The van der Waals surface area contributed by atoms with E-state index in [-0.39, 0.29) is 35.3 Å². The Morgan fingerprint density at radius 1 is 1.14 bits per heavy atom. The van der Waals surface area contributed by atoms with E-state index in [1.807, 2.05) is 0 Å². The van der Waals surface area contributed by atoms with E-state index in [2.05, 4.69) is 4.72 Å². The molecule has 2 aromatic carbocycles. The van der Waals surface area contributed by atoms with Gasteiger partial charge in [-0.1, -0.05) is 18.2 Å². The monoisotopic (exact) mass is 416 g/mol. The summed E-state index contributed by atoms with van der Waals surface area (Å²) in [6, 6.07) is 13.6. The van der Waals surface area contributed by atoms with Gasteiger partial charge >= 0.3 is 0 Å². The van der Waals surface area contributed by atoms with Crippen molar-refractivity contribution < 1.29 is 22.0 Å². The van der Waals surface area contributed by atoms with E-state index in [9.17, 15) is 17.6 Å². The van der Waals surface area contributed by atoms with Crippen molar-refractivity contribution >= 4 is 15.9 Å². The zero-order chi connectivity index (χ0) is 21.0. The molecule has 0 bridgehead atoms. The third kappa shape index (κ3) is 5.10. The van der Waals surface area contributed by atoms with Crippen LogP contribution in [0.3, 0.4) is 0 Å². The second-order valence-electron chi connectivity index (χ2n) is 6.67. The quantitative estimate of drug-likeness (QED) is 0.640. The number of nitrogens with one attached hydrogen (secondary N) is 1. The summed E-state index contributed by atoms with van der Waals surface area (Å²) >= 11 is 0. The average Bonchev–Trinajstić information content (AvgIpc) is 3.21. The molecule has 0 atom stereocenters. The van der Waals surface area contributed by atoms with Crippen molar-refractivity contribution in [1.29, 1.82) is 0 Å². The van der Waals surface area contributed by atoms with Gasteiger partial charge in [-0.2, -0.15) is 0 Å². The van der Waals surface area contributed by atoms with Gasteiger partial charge in [-0.05, 0) is 54.4 Å². The van der Waals surface area contributed by atoms with Gasteiger partial charge in [0.25, 0.3) is 5.91 Å². The number of aryl methyl sites for hydroxylation is 1. The molecule has 1 N–H and O–H groups in total. The maximum atomic E-state index is 13.1. The average molecular weight is 416 g/mol. The van der Waals surface area contributed by atoms with E-state index in [0.29, 0.717) is 11.3 Å². The molecule has 1 amide bonds. The van der Waals surface area contributed by atoms with Gasteiger partial charge in [0.1, 0.15) is 11.6 Å². The van der Waals surface area contributed by atoms with Crippen LogP contribution in [0.25, 0.3) is 0 Å². The summed E-state index contributed by atoms with van der Waals surface area (Å²) in [5, 5.41) is 0. The topological polar surface area (TPSA) is 79.6 Å². The molecule has 0 saturated carbocycles. The van der Waals surface area contributed by atoms with E-state index in [1.165, 1.54) is 35.4 Å². The van der Waals surface area contributed by atoms with Crippen molar-refractivity contribution in [3.63, 3.8) is 0 Å². The van der Waals surface area contributed by atoms with Crippen molar-refractivity contribution in [2.24, 2.45) is 0 Å². The highest BCUT2D eigenvalue weighted by atomic mass is 32.2. The largest absolute Gasteiger partial charge is 0.468 e. The Morgan fingerprint density at radius 3 is 2.52 bits per heavy atom. The van der Waals surface area contributed by atoms with E-state index < -0.39 is 10.0 Å². The van der Waals surface area contributed by atoms with Crippen molar-refractivity contribution in [2.75, 3.05) is 7.05 Å². The van der Waals surface area contributed by atoms with Crippen LogP contribution in [0.2, 0.25) is 0 Å². The van der Waals surface area contributed by atoms with Gasteiger partial charge in [0.05, 0.1) is 17.7 Å². The number of benzene rings is 2. The number of carbonyl (C=O) groups excluding carboxylic acids is 1. The van der Waals surface area contributed by atoms with E-state index in [0.717, 1.165) is 5.56 Å². The Kier molecular flexibility index (Phi) is 6.14. The van der Waals surface area contributed by atoms with E-state index in [1.54, 1.807) is 44.3 Å². The molecule has 3 aromatic rings. The van der Waals surface area contributed by atoms with Gasteiger partial charge in [0.15, 0.2) is 0 Å². The molecule has 0 unspecified atom stereocenters. The van der Waals surface area contributed by atoms with Gasteiger partial charge in [-0.15, -0.1) is 0 Å². The van der Waals surface area contributed by atoms with Gasteiger partial charge in [0, 0.05) is 19.2 Å². The molecule has 29 heavy (non-hydrogen) atoms. The number of hydrogen-bond acceptors (Lipinski definition) is 4. The van der Waals surface area contributed by atoms with Gasteiger partial charge in [-0.25, -0.2) is 17.5 Å². The second kappa shape index (κ2) is 8.59. The summed E-state index contributed by atoms with van der Waals surface area (Å²) in [6.45, 7) is 2.02. The van der Waals surface area contributed by atoms with Crippen LogP contribution in [0.1, 0.15) is 27.2 Å². The summed E-state index contributed by atoms with van der Waals surface area (Å²) in [5.74, 6) is -0.190. The molecule has 3 rings (SSSR count). The van der Waals surface area contributed by atoms with Gasteiger partial charge in [-0.3, -0.25) is 4.79 Å². The molecule has 0 spiro atoms. The molecule has 1 heterocycles. The highest BCUT2D eigenvalue weighted by Crippen LogP contribution is 2.19. The van der Waals surface area contributed by atoms with Crippen molar-refractivity contribution in [3.05, 3.63) is 89.1 Å². The molecule has 1 aromatic heterocycles. The Labute approximate surface area is 169 Å². The first-order chi connectivity index (χ1) is 13.8. The molecule has 6 nitrogen and oxygen atoms in total. The highest BCUT2D eigenvalue weighted by molar-refractivity contribution is 7.89. The lowest BCUT2D eigenvalue weighted by Gasteiger charge is -2.19. The van der Waals surface area contributed by atoms with E-state index in [4.69, 9.17) is 4.42 Å². The molecule has 0 aliphatic heterocycles. The zero-order valence-electron chi connectivity index (χ0n) is 16.1. The molecular formula is C21H21FN2O4S. The minimum Gasteiger partial charge on any atom is -0.468 e. The Bertz CT molecular complexity index is 1090. The maximum absolute atomic E-state index is 13.1. The number of carbonyl (C=O) groups is 1. The van der Waals surface area contributed by atoms with Crippen LogP contribution in [0, 0.1) is 12.7 Å². The molecule has 0 aliphatic carbocycles. The van der Waals surface area contributed by atoms with Crippen LogP contribution in [-0.4, -0.2) is 26.3 Å². The summed E-state index contributed by atoms with van der Waals surface area (Å²) in [4.78, 5) is 14.3. The summed E-state index contributed by atoms with van der Waals surface area (Å²) in [7, 11) is -2.21. The normalized spacial score (nSPS) is 11.4. The van der Waals surface area contributed by atoms with Crippen molar-refractivity contribution in [1.82, 2.24) is 9.62 Å². The number of furan rings is 1. The fourth-order valence-electron chi connectivity index (χ4n) is 2.80. The third-order valence-corrected chi connectivity index (χ3v) is 5.84. The molecule has 152 valence electrons. The maximum Gasteiger partial charge on any atom is 0.254 e. The molecular weight excluding hydrogens is 395 g/mol. The van der Waals surface area contributed by atoms with Crippen molar-refractivity contribution in [3.8, 4) is 0 Å². The molecule has 8 heteroatoms. The Balaban J connectivity index is 1.78. The molecule has 0 aliphatic rings. The van der Waals surface area contributed by atoms with Crippen LogP contribution in [-0.2, 0) is 23.1 Å². The Morgan fingerprint density at radius 2 is 1.86 bits per heavy atom. The SMILES string of the molecule is Cc1ccc(S(=O)(=O)NCc2ccco2)cc1C(=O)N(C)Cc1ccc(F)cc1. The van der Waals surface area contributed by atoms with Crippen LogP contribution in [0.4, 0.5) is 4.39 Å². The summed E-state index contributed by atoms with van der Waals surface area (Å²) in [6.07, 6.45) is 1.46. The number of nitrogens with zero attached hydrogens (tertiary/aromatic N) is 1. The highest BCUT2D eigenvalue weighted by Gasteiger charge is 2.20. The van der Waals surface area contributed by atoms with Crippen LogP contribution < -0.4 is 4.72 Å². The summed E-state index contributed by atoms with van der Waals surface area (Å²) < 4.78 is 45.8. The fourth-order valence-corrected chi connectivity index (χ4v) is 3.82. The lowest BCUT2D eigenvalue weighted by Crippen LogP contribution is -2.28. The van der Waals surface area contributed by atoms with Gasteiger partial charge in [0.2, 0.25) is 10.0 Å². The standard InChI is InChI=1S/C21H21FN2O4S/c1-15-5-10-19(29(26,27)23-13-18-4-3-11-28-18)12-20(15)21(25)24(2)14-16-6-8-17(22)9-7-16/h3-12,23H,13-14H2,1-2H3. The van der Waals surface area contributed by atoms with Crippen LogP contribution in [0.5, 0.6) is 0 Å². The third-order valence-electron chi connectivity index (χ3n) is 4.45. The first kappa shape index (κ1) is 20.8. The van der Waals surface area contributed by atoms with Crippen LogP contribution >= 0.6 is 0 Å². The molecule has 0 saturated heterocycles. The first-order valence-electron chi connectivity index (χ1n) is 8.89. The minimum atomic E-state index is -3.82. The predicted octanol–water partition coefficient (Wildman–Crippen LogP) is 3.48. The molecule has 0 radical (unpaired) electrons. The number of halogens is 1. The van der Waals surface area contributed by atoms with Crippen LogP contribution in [0.15, 0.2) is 70.2 Å². The number of sulfonamides is 1. The Hall–Kier alpha value is -2.97. The molecule has 0 fully saturated rings. The number of hydrogen-bond donors (Lipinski definition) is 1. The summed E-state index contributed by atoms with van der Waals surface area (Å²) in [5.41, 5.74) is 1.71. The zero-order valence-corrected chi connectivity index (χ0v) is 16.9. The minimum absolute atomic E-state index is 0.00631. The fraction of sp³-hybridized carbons (Fsp3) is 0.190.